The summed E-state index contributed by atoms with van der Waals surface area (Å²) in [5, 5.41) is 4.52. The van der Waals surface area contributed by atoms with Gasteiger partial charge >= 0.3 is 12.1 Å². The van der Waals surface area contributed by atoms with Crippen molar-refractivity contribution in [3.05, 3.63) is 94.8 Å². The van der Waals surface area contributed by atoms with Gasteiger partial charge in [0, 0.05) is 17.7 Å². The van der Waals surface area contributed by atoms with E-state index in [-0.39, 0.29) is 23.2 Å². The SMILES string of the molecule is CC1(C(=O)Nc2ccc(NC(=O)c3ccc(F)cc3)cc2C(F)(F)F)Cc2ccccc2C(=O)O1. The fourth-order valence-electron chi connectivity index (χ4n) is 3.68. The number of cyclic esters (lactones) is 1. The molecule has 0 fully saturated rings. The highest BCUT2D eigenvalue weighted by Crippen LogP contribution is 2.38. The largest absolute Gasteiger partial charge is 0.445 e. The summed E-state index contributed by atoms with van der Waals surface area (Å²) >= 11 is 0. The van der Waals surface area contributed by atoms with Crippen LogP contribution in [0.2, 0.25) is 0 Å². The number of carbonyl (C=O) groups is 3. The molecule has 3 aromatic carbocycles. The molecule has 1 aliphatic rings. The number of anilines is 2. The maximum Gasteiger partial charge on any atom is 0.418 e. The third-order valence-electron chi connectivity index (χ3n) is 5.50. The van der Waals surface area contributed by atoms with E-state index in [1.807, 2.05) is 0 Å². The molecule has 2 N–H and O–H groups in total. The van der Waals surface area contributed by atoms with Crippen molar-refractivity contribution in [3.8, 4) is 0 Å². The van der Waals surface area contributed by atoms with E-state index in [0.29, 0.717) is 11.6 Å². The quantitative estimate of drug-likeness (QED) is 0.392. The molecule has 0 aliphatic carbocycles. The highest BCUT2D eigenvalue weighted by molar-refractivity contribution is 6.05. The number of benzene rings is 3. The van der Waals surface area contributed by atoms with Gasteiger partial charge in [-0.2, -0.15) is 13.2 Å². The first-order chi connectivity index (χ1) is 16.5. The van der Waals surface area contributed by atoms with Gasteiger partial charge in [0.15, 0.2) is 5.60 Å². The summed E-state index contributed by atoms with van der Waals surface area (Å²) in [4.78, 5) is 37.6. The maximum atomic E-state index is 13.8. The Kier molecular flexibility index (Phi) is 6.06. The zero-order chi connectivity index (χ0) is 25.4. The molecule has 0 bridgehead atoms. The van der Waals surface area contributed by atoms with Crippen molar-refractivity contribution in [3.63, 3.8) is 0 Å². The number of rotatable bonds is 4. The van der Waals surface area contributed by atoms with Crippen LogP contribution in [0.3, 0.4) is 0 Å². The lowest BCUT2D eigenvalue weighted by molar-refractivity contribution is -0.137. The molecule has 1 heterocycles. The minimum Gasteiger partial charge on any atom is -0.445 e. The second kappa shape index (κ2) is 8.86. The lowest BCUT2D eigenvalue weighted by atomic mass is 9.89. The minimum atomic E-state index is -4.88. The molecule has 1 unspecified atom stereocenters. The summed E-state index contributed by atoms with van der Waals surface area (Å²) in [7, 11) is 0. The fraction of sp³-hybridized carbons (Fsp3) is 0.160. The predicted molar refractivity (Wildman–Crippen MR) is 118 cm³/mol. The molecular weight excluding hydrogens is 468 g/mol. The van der Waals surface area contributed by atoms with Crippen molar-refractivity contribution in [2.45, 2.75) is 25.1 Å². The minimum absolute atomic E-state index is 0.0199. The molecule has 0 saturated carbocycles. The number of hydrogen-bond acceptors (Lipinski definition) is 4. The number of nitrogens with one attached hydrogen (secondary N) is 2. The standard InChI is InChI=1S/C25H18F4N2O4/c1-24(13-15-4-2-3-5-18(15)22(33)35-24)23(34)31-20-11-10-17(12-19(20)25(27,28)29)30-21(32)14-6-8-16(26)9-7-14/h2-12H,13H2,1H3,(H,30,32)(H,31,34). The molecule has 0 radical (unpaired) electrons. The summed E-state index contributed by atoms with van der Waals surface area (Å²) < 4.78 is 59.7. The van der Waals surface area contributed by atoms with Crippen molar-refractivity contribution in [1.29, 1.82) is 0 Å². The molecule has 0 saturated heterocycles. The molecule has 0 aromatic heterocycles. The lowest BCUT2D eigenvalue weighted by Crippen LogP contribution is -2.49. The predicted octanol–water partition coefficient (Wildman–Crippen LogP) is 5.21. The number of esters is 1. The normalized spacial score (nSPS) is 17.2. The van der Waals surface area contributed by atoms with Gasteiger partial charge in [-0.15, -0.1) is 0 Å². The van der Waals surface area contributed by atoms with E-state index in [0.717, 1.165) is 18.2 Å². The topological polar surface area (TPSA) is 84.5 Å². The van der Waals surface area contributed by atoms with Gasteiger partial charge in [-0.3, -0.25) is 9.59 Å². The van der Waals surface area contributed by atoms with Crippen LogP contribution < -0.4 is 10.6 Å². The third kappa shape index (κ3) is 5.01. The van der Waals surface area contributed by atoms with Crippen LogP contribution in [0.25, 0.3) is 0 Å². The molecule has 4 rings (SSSR count). The van der Waals surface area contributed by atoms with Crippen LogP contribution in [0, 0.1) is 5.82 Å². The Morgan fingerprint density at radius 1 is 0.971 bits per heavy atom. The van der Waals surface area contributed by atoms with E-state index in [9.17, 15) is 31.9 Å². The van der Waals surface area contributed by atoms with Gasteiger partial charge in [-0.25, -0.2) is 9.18 Å². The van der Waals surface area contributed by atoms with Crippen LogP contribution in [0.4, 0.5) is 28.9 Å². The van der Waals surface area contributed by atoms with Gasteiger partial charge in [0.05, 0.1) is 16.8 Å². The van der Waals surface area contributed by atoms with Crippen LogP contribution in [0.5, 0.6) is 0 Å². The number of amides is 2. The van der Waals surface area contributed by atoms with E-state index < -0.39 is 46.6 Å². The summed E-state index contributed by atoms with van der Waals surface area (Å²) in [6.07, 6.45) is -4.90. The molecular formula is C25H18F4N2O4. The molecule has 10 heteroatoms. The zero-order valence-corrected chi connectivity index (χ0v) is 18.2. The smallest absolute Gasteiger partial charge is 0.418 e. The first-order valence-corrected chi connectivity index (χ1v) is 10.4. The molecule has 1 atom stereocenters. The van der Waals surface area contributed by atoms with Crippen molar-refractivity contribution in [1.82, 2.24) is 0 Å². The average Bonchev–Trinajstić information content (AvgIpc) is 2.79. The number of carbonyl (C=O) groups excluding carboxylic acids is 3. The monoisotopic (exact) mass is 486 g/mol. The van der Waals surface area contributed by atoms with Gasteiger partial charge in [0.1, 0.15) is 5.82 Å². The zero-order valence-electron chi connectivity index (χ0n) is 18.2. The van der Waals surface area contributed by atoms with Crippen molar-refractivity contribution in [2.24, 2.45) is 0 Å². The average molecular weight is 486 g/mol. The molecule has 6 nitrogen and oxygen atoms in total. The summed E-state index contributed by atoms with van der Waals surface area (Å²) in [6.45, 7) is 1.32. The fourth-order valence-corrected chi connectivity index (χ4v) is 3.68. The van der Waals surface area contributed by atoms with Crippen LogP contribution in [-0.4, -0.2) is 23.4 Å². The molecule has 3 aromatic rings. The van der Waals surface area contributed by atoms with Crippen LogP contribution in [-0.2, 0) is 22.1 Å². The van der Waals surface area contributed by atoms with Gasteiger partial charge in [0.25, 0.3) is 11.8 Å². The highest BCUT2D eigenvalue weighted by atomic mass is 19.4. The maximum absolute atomic E-state index is 13.8. The molecule has 180 valence electrons. The van der Waals surface area contributed by atoms with E-state index in [4.69, 9.17) is 4.74 Å². The summed E-state index contributed by atoms with van der Waals surface area (Å²) in [6, 6.07) is 13.8. The van der Waals surface area contributed by atoms with E-state index in [2.05, 4.69) is 10.6 Å². The number of hydrogen-bond donors (Lipinski definition) is 2. The highest BCUT2D eigenvalue weighted by Gasteiger charge is 2.43. The Morgan fingerprint density at radius 2 is 1.66 bits per heavy atom. The number of fused-ring (bicyclic) bond motifs is 1. The van der Waals surface area contributed by atoms with Crippen LogP contribution in [0.1, 0.15) is 38.8 Å². The van der Waals surface area contributed by atoms with Gasteiger partial charge in [-0.05, 0) is 61.0 Å². The molecule has 1 aliphatic heterocycles. The second-order valence-corrected chi connectivity index (χ2v) is 8.13. The number of alkyl halides is 3. The van der Waals surface area contributed by atoms with Gasteiger partial charge in [-0.1, -0.05) is 18.2 Å². The van der Waals surface area contributed by atoms with Gasteiger partial charge in [0.2, 0.25) is 0 Å². The Hall–Kier alpha value is -4.21. The molecule has 2 amide bonds. The summed E-state index contributed by atoms with van der Waals surface area (Å²) in [5.74, 6) is -3.00. The van der Waals surface area contributed by atoms with E-state index in [1.54, 1.807) is 18.2 Å². The Bertz CT molecular complexity index is 1320. The Labute approximate surface area is 196 Å². The van der Waals surface area contributed by atoms with Crippen molar-refractivity contribution >= 4 is 29.2 Å². The third-order valence-corrected chi connectivity index (χ3v) is 5.50. The lowest BCUT2D eigenvalue weighted by Gasteiger charge is -2.33. The second-order valence-electron chi connectivity index (χ2n) is 8.13. The summed E-state index contributed by atoms with van der Waals surface area (Å²) in [5.41, 5.74) is -2.83. The Morgan fingerprint density at radius 3 is 2.34 bits per heavy atom. The molecule has 0 spiro atoms. The Balaban J connectivity index is 1.58. The van der Waals surface area contributed by atoms with Gasteiger partial charge < -0.3 is 15.4 Å². The first-order valence-electron chi connectivity index (χ1n) is 10.4. The first kappa shape index (κ1) is 23.9. The van der Waals surface area contributed by atoms with E-state index in [1.165, 1.54) is 31.2 Å². The van der Waals surface area contributed by atoms with Crippen molar-refractivity contribution in [2.75, 3.05) is 10.6 Å². The van der Waals surface area contributed by atoms with E-state index >= 15 is 0 Å². The van der Waals surface area contributed by atoms with Crippen LogP contribution >= 0.6 is 0 Å². The van der Waals surface area contributed by atoms with Crippen LogP contribution in [0.15, 0.2) is 66.7 Å². The molecule has 35 heavy (non-hydrogen) atoms. The number of halogens is 4. The number of ether oxygens (including phenoxy) is 1. The van der Waals surface area contributed by atoms with Crippen molar-refractivity contribution < 1.29 is 36.7 Å².